The lowest BCUT2D eigenvalue weighted by molar-refractivity contribution is 0.0538. The van der Waals surface area contributed by atoms with Crippen molar-refractivity contribution in [3.63, 3.8) is 0 Å². The second-order valence-electron chi connectivity index (χ2n) is 10.1. The van der Waals surface area contributed by atoms with Crippen LogP contribution >= 0.6 is 0 Å². The molecule has 2 aromatic carbocycles. The number of pyridine rings is 1. The number of fused-ring (bicyclic) bond motifs is 1. The summed E-state index contributed by atoms with van der Waals surface area (Å²) in [6.45, 7) is 9.21. The van der Waals surface area contributed by atoms with Gasteiger partial charge in [0.1, 0.15) is 12.2 Å². The van der Waals surface area contributed by atoms with Crippen LogP contribution in [0.1, 0.15) is 27.2 Å². The molecule has 0 unspecified atom stereocenters. The number of aryl methyl sites for hydroxylation is 1. The molecule has 0 atom stereocenters. The number of ether oxygens (including phenoxy) is 2. The normalized spacial score (nSPS) is 11.5. The molecule has 0 radical (unpaired) electrons. The molecule has 0 fully saturated rings. The average Bonchev–Trinajstić information content (AvgIpc) is 3.15. The summed E-state index contributed by atoms with van der Waals surface area (Å²) in [5, 5.41) is 0. The highest BCUT2D eigenvalue weighted by Gasteiger charge is 2.26. The molecule has 0 aliphatic carbocycles. The Morgan fingerprint density at radius 2 is 1.62 bits per heavy atom. The second-order valence-corrected chi connectivity index (χ2v) is 15.7. The standard InChI is InChI=1S/C29H32FN3O3Si/c1-20-18-23-26(24(30)27(29(34)35-2)33(23)19-36-16-17-37(3,4)5)32-28(20)31-25(21-12-8-6-9-13-21)22-14-10-7-11-15-22/h6-15,18H,16-17,19H2,1-5H3. The van der Waals surface area contributed by atoms with Crippen LogP contribution in [0, 0.1) is 12.7 Å². The van der Waals surface area contributed by atoms with E-state index in [1.54, 1.807) is 6.07 Å². The summed E-state index contributed by atoms with van der Waals surface area (Å²) < 4.78 is 27.9. The number of halogens is 1. The molecular formula is C29H32FN3O3Si. The smallest absolute Gasteiger partial charge is 0.357 e. The molecule has 0 aliphatic rings. The Kier molecular flexibility index (Phi) is 7.99. The lowest BCUT2D eigenvalue weighted by Crippen LogP contribution is -2.22. The molecule has 0 amide bonds. The molecule has 4 aromatic rings. The van der Waals surface area contributed by atoms with Crippen LogP contribution in [-0.2, 0) is 16.2 Å². The number of rotatable bonds is 9. The number of hydrogen-bond donors (Lipinski definition) is 0. The number of carbonyl (C=O) groups is 1. The monoisotopic (exact) mass is 517 g/mol. The Morgan fingerprint density at radius 1 is 1.03 bits per heavy atom. The average molecular weight is 518 g/mol. The van der Waals surface area contributed by atoms with Gasteiger partial charge < -0.3 is 14.0 Å². The fourth-order valence-electron chi connectivity index (χ4n) is 3.98. The van der Waals surface area contributed by atoms with Crippen molar-refractivity contribution in [1.29, 1.82) is 0 Å². The lowest BCUT2D eigenvalue weighted by Gasteiger charge is -2.16. The number of aliphatic imine (C=N–C) groups is 1. The topological polar surface area (TPSA) is 65.7 Å². The largest absolute Gasteiger partial charge is 0.464 e. The number of carbonyl (C=O) groups excluding carboxylic acids is 1. The molecular weight excluding hydrogens is 485 g/mol. The highest BCUT2D eigenvalue weighted by molar-refractivity contribution is 6.76. The van der Waals surface area contributed by atoms with E-state index < -0.39 is 19.9 Å². The third-order valence-corrected chi connectivity index (χ3v) is 7.75. The van der Waals surface area contributed by atoms with Gasteiger partial charge in [0.25, 0.3) is 0 Å². The van der Waals surface area contributed by atoms with E-state index in [0.717, 1.165) is 28.4 Å². The molecule has 0 saturated heterocycles. The Bertz CT molecular complexity index is 1390. The minimum atomic E-state index is -1.30. The molecule has 0 N–H and O–H groups in total. The summed E-state index contributed by atoms with van der Waals surface area (Å²) in [7, 11) is -0.0691. The van der Waals surface area contributed by atoms with Crippen LogP contribution in [0.3, 0.4) is 0 Å². The quantitative estimate of drug-likeness (QED) is 0.107. The predicted octanol–water partition coefficient (Wildman–Crippen LogP) is 6.75. The highest BCUT2D eigenvalue weighted by Crippen LogP contribution is 2.30. The summed E-state index contributed by atoms with van der Waals surface area (Å²) in [5.41, 5.74) is 3.61. The van der Waals surface area contributed by atoms with Gasteiger partial charge in [-0.15, -0.1) is 0 Å². The van der Waals surface area contributed by atoms with Gasteiger partial charge in [0, 0.05) is 25.8 Å². The molecule has 0 spiro atoms. The first kappa shape index (κ1) is 26.4. The zero-order chi connectivity index (χ0) is 26.6. The number of benzene rings is 2. The van der Waals surface area contributed by atoms with Crippen LogP contribution < -0.4 is 0 Å². The van der Waals surface area contributed by atoms with Crippen LogP contribution in [0.4, 0.5) is 10.2 Å². The molecule has 2 heterocycles. The predicted molar refractivity (Wildman–Crippen MR) is 148 cm³/mol. The van der Waals surface area contributed by atoms with E-state index in [2.05, 4.69) is 24.6 Å². The zero-order valence-corrected chi connectivity index (χ0v) is 22.9. The molecule has 0 aliphatic heterocycles. The molecule has 2 aromatic heterocycles. The van der Waals surface area contributed by atoms with Gasteiger partial charge in [0.2, 0.25) is 0 Å². The van der Waals surface area contributed by atoms with Gasteiger partial charge in [-0.2, -0.15) is 0 Å². The first-order chi connectivity index (χ1) is 17.7. The molecule has 0 bridgehead atoms. The molecule has 192 valence electrons. The van der Waals surface area contributed by atoms with E-state index in [1.807, 2.05) is 67.6 Å². The van der Waals surface area contributed by atoms with E-state index in [9.17, 15) is 4.79 Å². The van der Waals surface area contributed by atoms with Crippen molar-refractivity contribution >= 4 is 36.6 Å². The van der Waals surface area contributed by atoms with Gasteiger partial charge in [0.05, 0.1) is 18.3 Å². The summed E-state index contributed by atoms with van der Waals surface area (Å²) in [5.74, 6) is -1.14. The van der Waals surface area contributed by atoms with Crippen LogP contribution in [0.2, 0.25) is 25.7 Å². The Balaban J connectivity index is 1.82. The number of nitrogens with zero attached hydrogens (tertiary/aromatic N) is 3. The Labute approximate surface area is 217 Å². The maximum absolute atomic E-state index is 15.6. The van der Waals surface area contributed by atoms with Crippen LogP contribution in [0.5, 0.6) is 0 Å². The Morgan fingerprint density at radius 3 is 2.16 bits per heavy atom. The maximum atomic E-state index is 15.6. The molecule has 37 heavy (non-hydrogen) atoms. The number of aromatic nitrogens is 2. The first-order valence-corrected chi connectivity index (χ1v) is 16.0. The Hall–Kier alpha value is -3.62. The third-order valence-electron chi connectivity index (χ3n) is 6.05. The van der Waals surface area contributed by atoms with Crippen molar-refractivity contribution in [2.45, 2.75) is 39.3 Å². The summed E-state index contributed by atoms with van der Waals surface area (Å²) in [6, 6.07) is 22.3. The minimum absolute atomic E-state index is 0.0261. The summed E-state index contributed by atoms with van der Waals surface area (Å²) in [6.07, 6.45) is 0. The van der Waals surface area contributed by atoms with Gasteiger partial charge in [-0.05, 0) is 24.6 Å². The summed E-state index contributed by atoms with van der Waals surface area (Å²) >= 11 is 0. The van der Waals surface area contributed by atoms with Crippen molar-refractivity contribution in [3.05, 3.63) is 94.9 Å². The fourth-order valence-corrected chi connectivity index (χ4v) is 4.74. The van der Waals surface area contributed by atoms with E-state index in [-0.39, 0.29) is 17.9 Å². The van der Waals surface area contributed by atoms with E-state index in [0.29, 0.717) is 17.9 Å². The molecule has 0 saturated carbocycles. The first-order valence-electron chi connectivity index (χ1n) is 12.2. The van der Waals surface area contributed by atoms with Crippen molar-refractivity contribution in [3.8, 4) is 0 Å². The van der Waals surface area contributed by atoms with Crippen molar-refractivity contribution in [1.82, 2.24) is 9.55 Å². The summed E-state index contributed by atoms with van der Waals surface area (Å²) in [4.78, 5) is 22.0. The highest BCUT2D eigenvalue weighted by atomic mass is 28.3. The SMILES string of the molecule is COC(=O)c1c(F)c2nc(N=C(c3ccccc3)c3ccccc3)c(C)cc2n1COCC[Si](C)(C)C. The number of methoxy groups -OCH3 is 1. The number of esters is 1. The van der Waals surface area contributed by atoms with Gasteiger partial charge >= 0.3 is 5.97 Å². The van der Waals surface area contributed by atoms with Crippen LogP contribution in [-0.4, -0.2) is 43.0 Å². The van der Waals surface area contributed by atoms with Crippen molar-refractivity contribution < 1.29 is 18.7 Å². The van der Waals surface area contributed by atoms with Gasteiger partial charge in [-0.3, -0.25) is 0 Å². The molecule has 4 rings (SSSR count). The number of hydrogen-bond acceptors (Lipinski definition) is 5. The molecule has 8 heteroatoms. The van der Waals surface area contributed by atoms with Crippen molar-refractivity contribution in [2.75, 3.05) is 13.7 Å². The lowest BCUT2D eigenvalue weighted by atomic mass is 10.0. The van der Waals surface area contributed by atoms with E-state index in [4.69, 9.17) is 14.5 Å². The van der Waals surface area contributed by atoms with Gasteiger partial charge in [-0.25, -0.2) is 19.2 Å². The van der Waals surface area contributed by atoms with Crippen LogP contribution in [0.15, 0.2) is 71.7 Å². The minimum Gasteiger partial charge on any atom is -0.464 e. The van der Waals surface area contributed by atoms with E-state index >= 15 is 4.39 Å². The molecule has 6 nitrogen and oxygen atoms in total. The van der Waals surface area contributed by atoms with Crippen molar-refractivity contribution in [2.24, 2.45) is 4.99 Å². The van der Waals surface area contributed by atoms with Gasteiger partial charge in [0.15, 0.2) is 17.3 Å². The van der Waals surface area contributed by atoms with E-state index in [1.165, 1.54) is 11.7 Å². The third kappa shape index (κ3) is 6.03. The maximum Gasteiger partial charge on any atom is 0.357 e. The van der Waals surface area contributed by atoms with Crippen LogP contribution in [0.25, 0.3) is 11.0 Å². The zero-order valence-electron chi connectivity index (χ0n) is 21.9. The van der Waals surface area contributed by atoms with Gasteiger partial charge in [-0.1, -0.05) is 80.3 Å². The fraction of sp³-hybridized carbons (Fsp3) is 0.276. The second kappa shape index (κ2) is 11.2.